The maximum Gasteiger partial charge on any atom is 0.320 e. The molecule has 4 N–H and O–H groups in total. The lowest BCUT2D eigenvalue weighted by Gasteiger charge is -2.28. The van der Waals surface area contributed by atoms with Crippen LogP contribution in [0.4, 0.5) is 11.6 Å². The van der Waals surface area contributed by atoms with E-state index in [1.165, 1.54) is 5.56 Å². The largest absolute Gasteiger partial charge is 0.461 e. The van der Waals surface area contributed by atoms with Crippen LogP contribution >= 0.6 is 0 Å². The highest BCUT2D eigenvalue weighted by Gasteiger charge is 2.15. The summed E-state index contributed by atoms with van der Waals surface area (Å²) in [5.74, 6) is 1.27. The molecule has 1 saturated heterocycles. The molecular formula is C20H31N5O9S2. The van der Waals surface area contributed by atoms with Crippen molar-refractivity contribution in [2.24, 2.45) is 5.10 Å². The van der Waals surface area contributed by atoms with Gasteiger partial charge >= 0.3 is 6.01 Å². The van der Waals surface area contributed by atoms with Gasteiger partial charge in [-0.05, 0) is 12.5 Å². The molecule has 0 radical (unpaired) electrons. The molecule has 14 nitrogen and oxygen atoms in total. The summed E-state index contributed by atoms with van der Waals surface area (Å²) >= 11 is 0. The van der Waals surface area contributed by atoms with Crippen molar-refractivity contribution in [2.45, 2.75) is 6.92 Å². The van der Waals surface area contributed by atoms with Gasteiger partial charge < -0.3 is 19.5 Å². The Morgan fingerprint density at radius 2 is 1.72 bits per heavy atom. The van der Waals surface area contributed by atoms with Gasteiger partial charge in [0.15, 0.2) is 5.82 Å². The predicted octanol–water partition coefficient (Wildman–Crippen LogP) is 0.447. The molecule has 36 heavy (non-hydrogen) atoms. The van der Waals surface area contributed by atoms with E-state index < -0.39 is 20.2 Å². The molecule has 1 aromatic heterocycles. The van der Waals surface area contributed by atoms with E-state index in [0.29, 0.717) is 31.5 Å². The van der Waals surface area contributed by atoms with Crippen LogP contribution in [0.1, 0.15) is 11.1 Å². The summed E-state index contributed by atoms with van der Waals surface area (Å²) in [5.41, 5.74) is 5.10. The van der Waals surface area contributed by atoms with Crippen LogP contribution in [0.5, 0.6) is 6.01 Å². The van der Waals surface area contributed by atoms with Gasteiger partial charge in [0, 0.05) is 19.2 Å². The first-order chi connectivity index (χ1) is 16.7. The van der Waals surface area contributed by atoms with Crippen molar-refractivity contribution in [3.05, 3.63) is 41.5 Å². The number of benzene rings is 1. The van der Waals surface area contributed by atoms with Gasteiger partial charge in [0.05, 0.1) is 38.5 Å². The number of aliphatic hydroxyl groups is 1. The Labute approximate surface area is 210 Å². The molecule has 1 fully saturated rings. The number of nitrogens with one attached hydrogen (secondary N) is 1. The molecule has 16 heteroatoms. The van der Waals surface area contributed by atoms with Gasteiger partial charge in [0.1, 0.15) is 12.4 Å². The number of morpholine rings is 1. The van der Waals surface area contributed by atoms with Gasteiger partial charge in [0.25, 0.3) is 20.2 Å². The third-order valence-corrected chi connectivity index (χ3v) is 3.78. The first-order valence-corrected chi connectivity index (χ1v) is 14.1. The van der Waals surface area contributed by atoms with Crippen LogP contribution in [-0.2, 0) is 25.0 Å². The van der Waals surface area contributed by atoms with Crippen molar-refractivity contribution in [1.29, 1.82) is 0 Å². The van der Waals surface area contributed by atoms with Crippen molar-refractivity contribution >= 4 is 38.1 Å². The van der Waals surface area contributed by atoms with Crippen LogP contribution in [0, 0.1) is 6.92 Å². The Bertz CT molecular complexity index is 1140. The number of hydrogen-bond acceptors (Lipinski definition) is 12. The number of hydrazone groups is 1. The second-order valence-electron chi connectivity index (χ2n) is 7.32. The molecule has 2 heterocycles. The highest BCUT2D eigenvalue weighted by atomic mass is 32.2. The van der Waals surface area contributed by atoms with E-state index in [2.05, 4.69) is 25.4 Å². The smallest absolute Gasteiger partial charge is 0.320 e. The first kappa shape index (κ1) is 31.1. The fourth-order valence-electron chi connectivity index (χ4n) is 2.55. The third kappa shape index (κ3) is 16.7. The Morgan fingerprint density at radius 1 is 1.11 bits per heavy atom. The van der Waals surface area contributed by atoms with Gasteiger partial charge in [0.2, 0.25) is 0 Å². The minimum atomic E-state index is -3.67. The monoisotopic (exact) mass is 549 g/mol. The van der Waals surface area contributed by atoms with E-state index >= 15 is 0 Å². The Morgan fingerprint density at radius 3 is 2.28 bits per heavy atom. The zero-order valence-corrected chi connectivity index (χ0v) is 21.7. The van der Waals surface area contributed by atoms with Crippen LogP contribution in [0.15, 0.2) is 35.4 Å². The molecule has 3 rings (SSSR count). The number of aromatic nitrogens is 2. The Kier molecular flexibility index (Phi) is 13.2. The second kappa shape index (κ2) is 15.3. The van der Waals surface area contributed by atoms with E-state index in [0.717, 1.165) is 24.5 Å². The normalized spacial score (nSPS) is 13.8. The molecule has 202 valence electrons. The Balaban J connectivity index is 0.000000550. The van der Waals surface area contributed by atoms with Crippen LogP contribution in [-0.4, -0.2) is 99.3 Å². The van der Waals surface area contributed by atoms with E-state index in [9.17, 15) is 16.8 Å². The first-order valence-electron chi connectivity index (χ1n) is 10.4. The average Bonchev–Trinajstić information content (AvgIpc) is 2.76. The number of anilines is 2. The van der Waals surface area contributed by atoms with Crippen LogP contribution < -0.4 is 15.1 Å². The molecule has 1 aromatic carbocycles. The molecule has 1 aliphatic heterocycles. The zero-order valence-electron chi connectivity index (χ0n) is 20.1. The minimum Gasteiger partial charge on any atom is -0.461 e. The summed E-state index contributed by atoms with van der Waals surface area (Å²) in [6.45, 7) is 4.90. The van der Waals surface area contributed by atoms with Gasteiger partial charge in [-0.25, -0.2) is 0 Å². The van der Waals surface area contributed by atoms with Crippen molar-refractivity contribution in [3.8, 4) is 6.01 Å². The highest BCUT2D eigenvalue weighted by Crippen LogP contribution is 2.20. The maximum atomic E-state index is 9.19. The molecule has 0 bridgehead atoms. The summed E-state index contributed by atoms with van der Waals surface area (Å²) in [4.78, 5) is 10.8. The lowest BCUT2D eigenvalue weighted by Crippen LogP contribution is -2.36. The van der Waals surface area contributed by atoms with Crippen molar-refractivity contribution in [3.63, 3.8) is 0 Å². The fourth-order valence-corrected chi connectivity index (χ4v) is 2.55. The summed E-state index contributed by atoms with van der Waals surface area (Å²) in [6, 6.07) is 10.1. The average molecular weight is 550 g/mol. The van der Waals surface area contributed by atoms with E-state index in [-0.39, 0.29) is 19.2 Å². The number of hydrogen-bond donors (Lipinski definition) is 4. The van der Waals surface area contributed by atoms with Crippen molar-refractivity contribution in [2.75, 3.05) is 62.4 Å². The summed E-state index contributed by atoms with van der Waals surface area (Å²) in [7, 11) is -7.33. The van der Waals surface area contributed by atoms with E-state index in [1.807, 2.05) is 37.3 Å². The molecule has 0 saturated carbocycles. The number of ether oxygens (including phenoxy) is 2. The van der Waals surface area contributed by atoms with E-state index in [1.54, 1.807) is 6.21 Å². The van der Waals surface area contributed by atoms with Crippen LogP contribution in [0.2, 0.25) is 0 Å². The number of nitrogens with zero attached hydrogens (tertiary/aromatic N) is 4. The van der Waals surface area contributed by atoms with Crippen LogP contribution in [0.3, 0.4) is 0 Å². The van der Waals surface area contributed by atoms with E-state index in [4.69, 9.17) is 23.7 Å². The molecule has 0 amide bonds. The third-order valence-electron chi connectivity index (χ3n) is 3.78. The second-order valence-corrected chi connectivity index (χ2v) is 10.2. The zero-order chi connectivity index (χ0) is 27.2. The van der Waals surface area contributed by atoms with Gasteiger partial charge in [-0.1, -0.05) is 29.8 Å². The maximum absolute atomic E-state index is 9.19. The van der Waals surface area contributed by atoms with Gasteiger partial charge in [-0.2, -0.15) is 31.9 Å². The van der Waals surface area contributed by atoms with Crippen molar-refractivity contribution in [1.82, 2.24) is 9.97 Å². The molecule has 0 unspecified atom stereocenters. The van der Waals surface area contributed by atoms with Gasteiger partial charge in [-0.3, -0.25) is 14.5 Å². The SMILES string of the molecule is CS(=O)(=O)O.CS(=O)(=O)O.Cc1cccc(/C=N/Nc2cc(N3CCOCC3)nc(OCCO)n2)c1. The number of rotatable bonds is 7. The predicted molar refractivity (Wildman–Crippen MR) is 135 cm³/mol. The molecule has 2 aromatic rings. The van der Waals surface area contributed by atoms with Crippen LogP contribution in [0.25, 0.3) is 0 Å². The highest BCUT2D eigenvalue weighted by molar-refractivity contribution is 7.85. The lowest BCUT2D eigenvalue weighted by atomic mass is 10.2. The standard InChI is InChI=1S/C18H23N5O3.2CH4O3S/c1-14-3-2-4-15(11-14)13-19-22-16-12-17(23-5-8-25-9-6-23)21-18(20-16)26-10-7-24;2*1-5(2,3)4/h2-4,11-13,24H,5-10H2,1H3,(H,20,21,22);2*1H3,(H,2,3,4)/b19-13+;;. The minimum absolute atomic E-state index is 0.0978. The number of aliphatic hydroxyl groups excluding tert-OH is 1. The molecule has 0 spiro atoms. The lowest BCUT2D eigenvalue weighted by molar-refractivity contribution is 0.122. The molecule has 0 aliphatic carbocycles. The summed E-state index contributed by atoms with van der Waals surface area (Å²) < 4.78 is 62.5. The fraction of sp³-hybridized carbons (Fsp3) is 0.450. The Hall–Kier alpha value is -2.89. The van der Waals surface area contributed by atoms with Crippen molar-refractivity contribution < 1.29 is 40.5 Å². The topological polar surface area (TPSA) is 201 Å². The molecular weight excluding hydrogens is 518 g/mol. The number of aryl methyl sites for hydroxylation is 1. The molecule has 1 aliphatic rings. The summed E-state index contributed by atoms with van der Waals surface area (Å²) in [6.07, 6.45) is 3.16. The quantitative estimate of drug-likeness (QED) is 0.211. The molecule has 0 atom stereocenters. The van der Waals surface area contributed by atoms with Gasteiger partial charge in [-0.15, -0.1) is 0 Å². The summed E-state index contributed by atoms with van der Waals surface area (Å²) in [5, 5.41) is 13.2.